The predicted molar refractivity (Wildman–Crippen MR) is 86.3 cm³/mol. The summed E-state index contributed by atoms with van der Waals surface area (Å²) in [6, 6.07) is 10.4. The van der Waals surface area contributed by atoms with Crippen LogP contribution in [-0.2, 0) is 0 Å². The number of rotatable bonds is 8. The van der Waals surface area contributed by atoms with Crippen molar-refractivity contribution in [3.63, 3.8) is 0 Å². The Morgan fingerprint density at radius 3 is 2.85 bits per heavy atom. The van der Waals surface area contributed by atoms with Crippen molar-refractivity contribution >= 4 is 22.7 Å². The Bertz CT molecular complexity index is 493. The van der Waals surface area contributed by atoms with Crippen LogP contribution in [0.1, 0.15) is 32.1 Å². The van der Waals surface area contributed by atoms with E-state index in [1.807, 2.05) is 25.1 Å². The number of nitrogens with one attached hydrogen (secondary N) is 1. The van der Waals surface area contributed by atoms with Crippen LogP contribution in [0.3, 0.4) is 0 Å². The second-order valence-corrected chi connectivity index (χ2v) is 6.49. The molecule has 3 nitrogen and oxygen atoms in total. The van der Waals surface area contributed by atoms with Crippen molar-refractivity contribution in [1.29, 1.82) is 0 Å². The minimum Gasteiger partial charge on any atom is -0.459 e. The Labute approximate surface area is 124 Å². The number of benzene rings is 1. The van der Waals surface area contributed by atoms with Crippen molar-refractivity contribution in [1.82, 2.24) is 5.32 Å². The van der Waals surface area contributed by atoms with Crippen molar-refractivity contribution in [2.45, 2.75) is 31.6 Å². The fourth-order valence-corrected chi connectivity index (χ4v) is 2.96. The van der Waals surface area contributed by atoms with Crippen LogP contribution in [0.15, 0.2) is 34.7 Å². The van der Waals surface area contributed by atoms with Gasteiger partial charge in [0, 0.05) is 16.4 Å². The fraction of sp³-hybridized carbons (Fsp3) is 0.500. The van der Waals surface area contributed by atoms with E-state index in [4.69, 9.17) is 9.52 Å². The van der Waals surface area contributed by atoms with E-state index < -0.39 is 0 Å². The van der Waals surface area contributed by atoms with Gasteiger partial charge in [0.1, 0.15) is 11.3 Å². The number of hydrogen-bond donors (Lipinski definition) is 2. The van der Waals surface area contributed by atoms with Gasteiger partial charge >= 0.3 is 0 Å². The van der Waals surface area contributed by atoms with Crippen molar-refractivity contribution in [3.8, 4) is 0 Å². The molecular weight excluding hydrogens is 270 g/mol. The van der Waals surface area contributed by atoms with Gasteiger partial charge in [-0.05, 0) is 25.1 Å². The van der Waals surface area contributed by atoms with Gasteiger partial charge in [0.25, 0.3) is 0 Å². The van der Waals surface area contributed by atoms with Crippen LogP contribution in [0.5, 0.6) is 0 Å². The summed E-state index contributed by atoms with van der Waals surface area (Å²) in [4.78, 5) is 0. The quantitative estimate of drug-likeness (QED) is 0.781. The number of hydrogen-bond acceptors (Lipinski definition) is 4. The topological polar surface area (TPSA) is 45.4 Å². The van der Waals surface area contributed by atoms with Gasteiger partial charge in [0.15, 0.2) is 0 Å². The smallest absolute Gasteiger partial charge is 0.134 e. The standard InChI is InChI=1S/C16H23NO2S/c1-3-8-17-14(11-20-12(2)10-18)16-9-13-6-4-5-7-15(13)19-16/h4-7,9,12,14,17-18H,3,8,10-11H2,1-2H3. The molecule has 110 valence electrons. The number of fused-ring (bicyclic) bond motifs is 1. The predicted octanol–water partition coefficient (Wildman–Crippen LogP) is 3.59. The molecule has 1 aromatic carbocycles. The van der Waals surface area contributed by atoms with Crippen LogP contribution in [0.25, 0.3) is 11.0 Å². The first-order chi connectivity index (χ1) is 9.74. The molecule has 0 fully saturated rings. The molecule has 2 rings (SSSR count). The van der Waals surface area contributed by atoms with Crippen LogP contribution in [0, 0.1) is 0 Å². The largest absolute Gasteiger partial charge is 0.459 e. The third kappa shape index (κ3) is 4.01. The van der Waals surface area contributed by atoms with Crippen LogP contribution < -0.4 is 5.32 Å². The average molecular weight is 293 g/mol. The highest BCUT2D eigenvalue weighted by Crippen LogP contribution is 2.27. The molecule has 4 heteroatoms. The minimum atomic E-state index is 0.196. The number of thioether (sulfide) groups is 1. The Balaban J connectivity index is 2.11. The normalized spacial score (nSPS) is 14.6. The van der Waals surface area contributed by atoms with Crippen LogP contribution in [0.2, 0.25) is 0 Å². The SMILES string of the molecule is CCCNC(CSC(C)CO)c1cc2ccccc2o1. The molecule has 0 amide bonds. The van der Waals surface area contributed by atoms with Gasteiger partial charge in [-0.2, -0.15) is 11.8 Å². The Kier molecular flexibility index (Phi) is 5.95. The van der Waals surface area contributed by atoms with E-state index >= 15 is 0 Å². The van der Waals surface area contributed by atoms with E-state index in [0.717, 1.165) is 35.4 Å². The average Bonchev–Trinajstić information content (AvgIpc) is 2.90. The Morgan fingerprint density at radius 2 is 2.15 bits per heavy atom. The third-order valence-electron chi connectivity index (χ3n) is 3.23. The lowest BCUT2D eigenvalue weighted by molar-refractivity contribution is 0.300. The third-order valence-corrected chi connectivity index (χ3v) is 4.48. The summed E-state index contributed by atoms with van der Waals surface area (Å²) in [7, 11) is 0. The molecule has 1 aromatic heterocycles. The molecule has 2 unspecified atom stereocenters. The monoisotopic (exact) mass is 293 g/mol. The van der Waals surface area contributed by atoms with Crippen LogP contribution in [-0.4, -0.2) is 29.3 Å². The maximum absolute atomic E-state index is 9.14. The summed E-state index contributed by atoms with van der Waals surface area (Å²) in [6.45, 7) is 5.38. The second kappa shape index (κ2) is 7.72. The van der Waals surface area contributed by atoms with Gasteiger partial charge in [-0.15, -0.1) is 0 Å². The zero-order valence-electron chi connectivity index (χ0n) is 12.1. The lowest BCUT2D eigenvalue weighted by Crippen LogP contribution is -2.24. The molecule has 0 spiro atoms. The molecular formula is C16H23NO2S. The first kappa shape index (κ1) is 15.4. The number of aliphatic hydroxyl groups excluding tert-OH is 1. The lowest BCUT2D eigenvalue weighted by Gasteiger charge is -2.17. The first-order valence-corrected chi connectivity index (χ1v) is 8.23. The van der Waals surface area contributed by atoms with Crippen LogP contribution in [0.4, 0.5) is 0 Å². The van der Waals surface area contributed by atoms with Gasteiger partial charge in [-0.25, -0.2) is 0 Å². The molecule has 2 atom stereocenters. The molecule has 20 heavy (non-hydrogen) atoms. The lowest BCUT2D eigenvalue weighted by atomic mass is 10.2. The molecule has 0 radical (unpaired) electrons. The summed E-state index contributed by atoms with van der Waals surface area (Å²) >= 11 is 1.77. The summed E-state index contributed by atoms with van der Waals surface area (Å²) in [5.74, 6) is 1.89. The van der Waals surface area contributed by atoms with E-state index in [0.29, 0.717) is 0 Å². The highest BCUT2D eigenvalue weighted by Gasteiger charge is 2.17. The van der Waals surface area contributed by atoms with Gasteiger partial charge in [-0.3, -0.25) is 0 Å². The molecule has 0 aliphatic heterocycles. The summed E-state index contributed by atoms with van der Waals surface area (Å²) in [5.41, 5.74) is 0.936. The molecule has 0 saturated carbocycles. The Morgan fingerprint density at radius 1 is 1.35 bits per heavy atom. The van der Waals surface area contributed by atoms with Gasteiger partial charge in [0.2, 0.25) is 0 Å². The fourth-order valence-electron chi connectivity index (χ4n) is 2.05. The first-order valence-electron chi connectivity index (χ1n) is 7.19. The van der Waals surface area contributed by atoms with Gasteiger partial charge in [-0.1, -0.05) is 32.0 Å². The second-order valence-electron chi connectivity index (χ2n) is 5.02. The highest BCUT2D eigenvalue weighted by molar-refractivity contribution is 7.99. The van der Waals surface area contributed by atoms with Crippen molar-refractivity contribution < 1.29 is 9.52 Å². The van der Waals surface area contributed by atoms with E-state index in [1.165, 1.54) is 0 Å². The summed E-state index contributed by atoms with van der Waals surface area (Å²) in [5, 5.41) is 14.1. The van der Waals surface area contributed by atoms with Gasteiger partial charge in [0.05, 0.1) is 12.6 Å². The van der Waals surface area contributed by atoms with E-state index in [1.54, 1.807) is 11.8 Å². The zero-order valence-corrected chi connectivity index (χ0v) is 13.0. The van der Waals surface area contributed by atoms with Gasteiger partial charge < -0.3 is 14.8 Å². The number of aliphatic hydroxyl groups is 1. The molecule has 1 heterocycles. The molecule has 2 aromatic rings. The number of furan rings is 1. The maximum atomic E-state index is 9.14. The Hall–Kier alpha value is -0.970. The number of para-hydroxylation sites is 1. The molecule has 0 aliphatic rings. The molecule has 0 saturated heterocycles. The van der Waals surface area contributed by atoms with Crippen molar-refractivity contribution in [2.24, 2.45) is 0 Å². The summed E-state index contributed by atoms with van der Waals surface area (Å²) in [6.07, 6.45) is 1.09. The van der Waals surface area contributed by atoms with E-state index in [-0.39, 0.29) is 17.9 Å². The summed E-state index contributed by atoms with van der Waals surface area (Å²) < 4.78 is 5.95. The zero-order chi connectivity index (χ0) is 14.4. The molecule has 2 N–H and O–H groups in total. The molecule has 0 aliphatic carbocycles. The van der Waals surface area contributed by atoms with Crippen molar-refractivity contribution in [3.05, 3.63) is 36.1 Å². The van der Waals surface area contributed by atoms with E-state index in [9.17, 15) is 0 Å². The minimum absolute atomic E-state index is 0.196. The van der Waals surface area contributed by atoms with Crippen molar-refractivity contribution in [2.75, 3.05) is 18.9 Å². The van der Waals surface area contributed by atoms with Crippen LogP contribution >= 0.6 is 11.8 Å². The molecule has 0 bridgehead atoms. The highest BCUT2D eigenvalue weighted by atomic mass is 32.2. The van der Waals surface area contributed by atoms with E-state index in [2.05, 4.69) is 24.4 Å². The maximum Gasteiger partial charge on any atom is 0.134 e.